The molecule has 0 saturated carbocycles. The first-order chi connectivity index (χ1) is 7.79. The predicted molar refractivity (Wildman–Crippen MR) is 60.9 cm³/mol. The summed E-state index contributed by atoms with van der Waals surface area (Å²) < 4.78 is 0. The molecule has 0 spiro atoms. The number of nitrogens with zero attached hydrogens (tertiary/aromatic N) is 3. The van der Waals surface area contributed by atoms with E-state index in [1.54, 1.807) is 18.2 Å². The lowest BCUT2D eigenvalue weighted by molar-refractivity contribution is 1.17. The molecule has 78 valence electrons. The summed E-state index contributed by atoms with van der Waals surface area (Å²) in [6.45, 7) is 0. The third-order valence-electron chi connectivity index (χ3n) is 1.99. The molecule has 0 aliphatic rings. The van der Waals surface area contributed by atoms with Crippen molar-refractivity contribution < 1.29 is 0 Å². The summed E-state index contributed by atoms with van der Waals surface area (Å²) in [7, 11) is 0. The Hall–Kier alpha value is -2.61. The lowest BCUT2D eigenvalue weighted by atomic mass is 10.2. The Morgan fingerprint density at radius 2 is 2.25 bits per heavy atom. The smallest absolute Gasteiger partial charge is 0.157 e. The van der Waals surface area contributed by atoms with Gasteiger partial charge in [0, 0.05) is 5.69 Å². The van der Waals surface area contributed by atoms with Crippen LogP contribution in [0.3, 0.4) is 0 Å². The van der Waals surface area contributed by atoms with Crippen LogP contribution in [-0.2, 0) is 0 Å². The van der Waals surface area contributed by atoms with Crippen molar-refractivity contribution >= 4 is 17.2 Å². The lowest BCUT2D eigenvalue weighted by Crippen LogP contribution is -1.99. The Kier molecular flexibility index (Phi) is 2.65. The van der Waals surface area contributed by atoms with Gasteiger partial charge in [-0.25, -0.2) is 9.97 Å². The van der Waals surface area contributed by atoms with Crippen LogP contribution in [-0.4, -0.2) is 9.97 Å². The number of nitrogens with two attached hydrogens (primary N) is 1. The van der Waals surface area contributed by atoms with Gasteiger partial charge < -0.3 is 11.1 Å². The maximum atomic E-state index is 8.75. The van der Waals surface area contributed by atoms with E-state index in [0.717, 1.165) is 5.69 Å². The molecule has 2 aromatic rings. The minimum atomic E-state index is 0.463. The number of rotatable bonds is 2. The van der Waals surface area contributed by atoms with Gasteiger partial charge in [-0.3, -0.25) is 0 Å². The molecule has 0 amide bonds. The molecule has 3 N–H and O–H groups in total. The van der Waals surface area contributed by atoms with Gasteiger partial charge in [0.15, 0.2) is 5.82 Å². The number of nitriles is 1. The van der Waals surface area contributed by atoms with Crippen molar-refractivity contribution in [1.82, 2.24) is 9.97 Å². The van der Waals surface area contributed by atoms with Gasteiger partial charge in [0.05, 0.1) is 23.5 Å². The summed E-state index contributed by atoms with van der Waals surface area (Å²) in [5.41, 5.74) is 7.50. The average molecular weight is 211 g/mol. The van der Waals surface area contributed by atoms with Gasteiger partial charge in [-0.05, 0) is 18.2 Å². The molecule has 0 atom stereocenters. The number of aromatic nitrogens is 2. The largest absolute Gasteiger partial charge is 0.394 e. The molecule has 1 heterocycles. The first-order valence-electron chi connectivity index (χ1n) is 4.62. The van der Waals surface area contributed by atoms with Crippen molar-refractivity contribution in [2.45, 2.75) is 0 Å². The fourth-order valence-electron chi connectivity index (χ4n) is 1.25. The molecular formula is C11H9N5. The number of anilines is 3. The first-order valence-corrected chi connectivity index (χ1v) is 4.62. The van der Waals surface area contributed by atoms with Crippen molar-refractivity contribution in [2.75, 3.05) is 11.1 Å². The third-order valence-corrected chi connectivity index (χ3v) is 1.99. The van der Waals surface area contributed by atoms with Crippen LogP contribution in [0, 0.1) is 11.3 Å². The van der Waals surface area contributed by atoms with Crippen LogP contribution in [0.4, 0.5) is 17.2 Å². The Morgan fingerprint density at radius 3 is 3.00 bits per heavy atom. The minimum absolute atomic E-state index is 0.463. The van der Waals surface area contributed by atoms with Crippen LogP contribution >= 0.6 is 0 Å². The van der Waals surface area contributed by atoms with Crippen molar-refractivity contribution in [3.63, 3.8) is 0 Å². The molecule has 0 radical (unpaired) electrons. The van der Waals surface area contributed by atoms with Crippen LogP contribution in [0.5, 0.6) is 0 Å². The Labute approximate surface area is 92.6 Å². The van der Waals surface area contributed by atoms with E-state index in [1.807, 2.05) is 6.07 Å². The minimum Gasteiger partial charge on any atom is -0.394 e. The van der Waals surface area contributed by atoms with Gasteiger partial charge in [0.1, 0.15) is 6.33 Å². The molecule has 0 aliphatic carbocycles. The third kappa shape index (κ3) is 2.07. The summed E-state index contributed by atoms with van der Waals surface area (Å²) in [6.07, 6.45) is 2.93. The van der Waals surface area contributed by atoms with Crippen molar-refractivity contribution in [3.8, 4) is 6.07 Å². The molecule has 0 saturated heterocycles. The summed E-state index contributed by atoms with van der Waals surface area (Å²) in [4.78, 5) is 7.79. The van der Waals surface area contributed by atoms with Gasteiger partial charge in [0.25, 0.3) is 0 Å². The maximum Gasteiger partial charge on any atom is 0.157 e. The van der Waals surface area contributed by atoms with E-state index in [4.69, 9.17) is 11.0 Å². The van der Waals surface area contributed by atoms with E-state index in [1.165, 1.54) is 12.5 Å². The molecule has 1 aromatic carbocycles. The van der Waals surface area contributed by atoms with Gasteiger partial charge in [-0.1, -0.05) is 6.07 Å². The van der Waals surface area contributed by atoms with Crippen LogP contribution in [0.25, 0.3) is 0 Å². The molecule has 0 unspecified atom stereocenters. The van der Waals surface area contributed by atoms with Crippen LogP contribution in [0.15, 0.2) is 36.8 Å². The quantitative estimate of drug-likeness (QED) is 0.788. The second-order valence-corrected chi connectivity index (χ2v) is 3.14. The lowest BCUT2D eigenvalue weighted by Gasteiger charge is -2.07. The second-order valence-electron chi connectivity index (χ2n) is 3.14. The zero-order valence-corrected chi connectivity index (χ0v) is 8.38. The van der Waals surface area contributed by atoms with Gasteiger partial charge in [-0.15, -0.1) is 0 Å². The Balaban J connectivity index is 2.28. The number of nitrogens with one attached hydrogen (secondary N) is 1. The fraction of sp³-hybridized carbons (Fsp3) is 0. The number of hydrogen-bond acceptors (Lipinski definition) is 5. The molecule has 5 nitrogen and oxygen atoms in total. The highest BCUT2D eigenvalue weighted by atomic mass is 15.0. The molecule has 0 aliphatic heterocycles. The molecule has 2 rings (SSSR count). The zero-order valence-electron chi connectivity index (χ0n) is 8.38. The molecular weight excluding hydrogens is 202 g/mol. The second kappa shape index (κ2) is 4.28. The standard InChI is InChI=1S/C11H9N5/c12-5-8-2-1-3-9(4-8)16-11-10(13)6-14-7-15-11/h1-4,6-7H,13H2,(H,14,15,16). The molecule has 0 fully saturated rings. The fourth-order valence-corrected chi connectivity index (χ4v) is 1.25. The highest BCUT2D eigenvalue weighted by molar-refractivity contribution is 5.68. The molecule has 1 aromatic heterocycles. The monoisotopic (exact) mass is 211 g/mol. The number of nitrogen functional groups attached to an aromatic ring is 1. The summed E-state index contributed by atoms with van der Waals surface area (Å²) in [5, 5.41) is 11.8. The summed E-state index contributed by atoms with van der Waals surface area (Å²) >= 11 is 0. The van der Waals surface area contributed by atoms with Crippen molar-refractivity contribution in [3.05, 3.63) is 42.4 Å². The van der Waals surface area contributed by atoms with Crippen LogP contribution in [0.2, 0.25) is 0 Å². The SMILES string of the molecule is N#Cc1cccc(Nc2ncncc2N)c1. The first kappa shape index (κ1) is 9.93. The van der Waals surface area contributed by atoms with Gasteiger partial charge >= 0.3 is 0 Å². The van der Waals surface area contributed by atoms with E-state index in [9.17, 15) is 0 Å². The molecule has 5 heteroatoms. The Morgan fingerprint density at radius 1 is 1.38 bits per heavy atom. The van der Waals surface area contributed by atoms with E-state index >= 15 is 0 Å². The van der Waals surface area contributed by atoms with Crippen molar-refractivity contribution in [2.24, 2.45) is 0 Å². The Bertz CT molecular complexity index is 544. The topological polar surface area (TPSA) is 87.6 Å². The van der Waals surface area contributed by atoms with Crippen LogP contribution < -0.4 is 11.1 Å². The highest BCUT2D eigenvalue weighted by Gasteiger charge is 2.00. The van der Waals surface area contributed by atoms with Crippen molar-refractivity contribution in [1.29, 1.82) is 5.26 Å². The molecule has 16 heavy (non-hydrogen) atoms. The summed E-state index contributed by atoms with van der Waals surface area (Å²) in [6, 6.07) is 9.14. The zero-order chi connectivity index (χ0) is 11.4. The highest BCUT2D eigenvalue weighted by Crippen LogP contribution is 2.19. The average Bonchev–Trinajstić information content (AvgIpc) is 2.32. The molecule has 0 bridgehead atoms. The van der Waals surface area contributed by atoms with E-state index in [0.29, 0.717) is 17.1 Å². The van der Waals surface area contributed by atoms with Gasteiger partial charge in [0.2, 0.25) is 0 Å². The maximum absolute atomic E-state index is 8.75. The van der Waals surface area contributed by atoms with Crippen LogP contribution in [0.1, 0.15) is 5.56 Å². The number of hydrogen-bond donors (Lipinski definition) is 2. The van der Waals surface area contributed by atoms with E-state index in [2.05, 4.69) is 21.4 Å². The predicted octanol–water partition coefficient (Wildman–Crippen LogP) is 1.67. The normalized spacial score (nSPS) is 9.44. The summed E-state index contributed by atoms with van der Waals surface area (Å²) in [5.74, 6) is 0.532. The van der Waals surface area contributed by atoms with E-state index in [-0.39, 0.29) is 0 Å². The number of benzene rings is 1. The van der Waals surface area contributed by atoms with E-state index < -0.39 is 0 Å². The van der Waals surface area contributed by atoms with Gasteiger partial charge in [-0.2, -0.15) is 5.26 Å².